The fourth-order valence-corrected chi connectivity index (χ4v) is 1.82. The van der Waals surface area contributed by atoms with E-state index in [-0.39, 0.29) is 5.56 Å². The van der Waals surface area contributed by atoms with Crippen molar-refractivity contribution < 1.29 is 18.3 Å². The number of esters is 1. The highest BCUT2D eigenvalue weighted by atomic mass is 19.1. The predicted octanol–water partition coefficient (Wildman–Crippen LogP) is 2.56. The van der Waals surface area contributed by atoms with Crippen LogP contribution in [0, 0.1) is 11.6 Å². The Morgan fingerprint density at radius 1 is 1.32 bits per heavy atom. The maximum Gasteiger partial charge on any atom is 0.328 e. The molecule has 1 aromatic heterocycles. The first-order chi connectivity index (χ1) is 9.02. The molecule has 0 amide bonds. The molecule has 0 spiro atoms. The van der Waals surface area contributed by atoms with Gasteiger partial charge >= 0.3 is 5.97 Å². The SMILES string of the molecule is COC(=O)C(C)n1ccnc1-c1cc(F)cc(F)c1. The Balaban J connectivity index is 2.47. The lowest BCUT2D eigenvalue weighted by Crippen LogP contribution is -2.18. The van der Waals surface area contributed by atoms with E-state index in [9.17, 15) is 13.6 Å². The van der Waals surface area contributed by atoms with Crippen molar-refractivity contribution in [3.8, 4) is 11.4 Å². The molecule has 100 valence electrons. The second kappa shape index (κ2) is 5.17. The van der Waals surface area contributed by atoms with Crippen LogP contribution in [0.25, 0.3) is 11.4 Å². The van der Waals surface area contributed by atoms with Gasteiger partial charge in [0, 0.05) is 24.0 Å². The number of benzene rings is 1. The van der Waals surface area contributed by atoms with Gasteiger partial charge in [-0.2, -0.15) is 0 Å². The minimum atomic E-state index is -0.699. The molecule has 4 nitrogen and oxygen atoms in total. The maximum absolute atomic E-state index is 13.2. The molecule has 1 aromatic carbocycles. The average Bonchev–Trinajstić information content (AvgIpc) is 2.84. The van der Waals surface area contributed by atoms with Crippen molar-refractivity contribution in [3.05, 3.63) is 42.2 Å². The van der Waals surface area contributed by atoms with Crippen molar-refractivity contribution in [1.29, 1.82) is 0 Å². The summed E-state index contributed by atoms with van der Waals surface area (Å²) in [5.41, 5.74) is 0.262. The van der Waals surface area contributed by atoms with Crippen LogP contribution in [0.5, 0.6) is 0 Å². The predicted molar refractivity (Wildman–Crippen MR) is 64.3 cm³/mol. The first kappa shape index (κ1) is 13.2. The van der Waals surface area contributed by atoms with E-state index in [1.54, 1.807) is 13.1 Å². The first-order valence-corrected chi connectivity index (χ1v) is 5.60. The van der Waals surface area contributed by atoms with Gasteiger partial charge in [-0.25, -0.2) is 18.6 Å². The van der Waals surface area contributed by atoms with Crippen LogP contribution in [0.15, 0.2) is 30.6 Å². The summed E-state index contributed by atoms with van der Waals surface area (Å²) in [7, 11) is 1.28. The van der Waals surface area contributed by atoms with Crippen LogP contribution in [0.3, 0.4) is 0 Å². The number of rotatable bonds is 3. The molecule has 2 aromatic rings. The van der Waals surface area contributed by atoms with Crippen molar-refractivity contribution in [2.75, 3.05) is 7.11 Å². The zero-order valence-electron chi connectivity index (χ0n) is 10.4. The summed E-state index contributed by atoms with van der Waals surface area (Å²) >= 11 is 0. The highest BCUT2D eigenvalue weighted by molar-refractivity contribution is 5.74. The Morgan fingerprint density at radius 2 is 1.95 bits per heavy atom. The first-order valence-electron chi connectivity index (χ1n) is 5.60. The summed E-state index contributed by atoms with van der Waals surface area (Å²) in [6, 6.07) is 2.46. The van der Waals surface area contributed by atoms with Gasteiger partial charge in [-0.3, -0.25) is 0 Å². The van der Waals surface area contributed by atoms with E-state index >= 15 is 0 Å². The second-order valence-electron chi connectivity index (χ2n) is 4.02. The monoisotopic (exact) mass is 266 g/mol. The number of halogens is 2. The van der Waals surface area contributed by atoms with Gasteiger partial charge in [0.15, 0.2) is 0 Å². The van der Waals surface area contributed by atoms with Crippen LogP contribution in [-0.4, -0.2) is 22.6 Å². The van der Waals surface area contributed by atoms with E-state index in [4.69, 9.17) is 0 Å². The number of nitrogens with zero attached hydrogens (tertiary/aromatic N) is 2. The Labute approximate surface area is 108 Å². The second-order valence-corrected chi connectivity index (χ2v) is 4.02. The van der Waals surface area contributed by atoms with Crippen molar-refractivity contribution in [2.24, 2.45) is 0 Å². The molecule has 0 saturated carbocycles. The molecule has 19 heavy (non-hydrogen) atoms. The minimum absolute atomic E-state index is 0.262. The van der Waals surface area contributed by atoms with Gasteiger partial charge in [0.05, 0.1) is 7.11 Å². The number of ether oxygens (including phenoxy) is 1. The molecule has 1 atom stereocenters. The van der Waals surface area contributed by atoms with Gasteiger partial charge in [-0.15, -0.1) is 0 Å². The van der Waals surface area contributed by atoms with E-state index in [0.29, 0.717) is 5.82 Å². The molecular weight excluding hydrogens is 254 g/mol. The molecule has 0 fully saturated rings. The Bertz CT molecular complexity index is 590. The summed E-state index contributed by atoms with van der Waals surface area (Å²) in [5.74, 6) is -1.56. The molecule has 0 aliphatic heterocycles. The zero-order valence-corrected chi connectivity index (χ0v) is 10.4. The molecule has 0 N–H and O–H groups in total. The summed E-state index contributed by atoms with van der Waals surface area (Å²) in [6.45, 7) is 1.62. The molecule has 6 heteroatoms. The average molecular weight is 266 g/mol. The number of carbonyl (C=O) groups is 1. The summed E-state index contributed by atoms with van der Waals surface area (Å²) < 4.78 is 32.6. The number of hydrogen-bond donors (Lipinski definition) is 0. The Morgan fingerprint density at radius 3 is 2.53 bits per heavy atom. The maximum atomic E-state index is 13.2. The number of imidazole rings is 1. The van der Waals surface area contributed by atoms with Crippen LogP contribution >= 0.6 is 0 Å². The minimum Gasteiger partial charge on any atom is -0.467 e. The van der Waals surface area contributed by atoms with Crippen LogP contribution < -0.4 is 0 Å². The molecule has 1 heterocycles. The molecule has 0 bridgehead atoms. The van der Waals surface area contributed by atoms with Gasteiger partial charge in [-0.05, 0) is 19.1 Å². The molecule has 0 aliphatic carbocycles. The molecule has 0 saturated heterocycles. The van der Waals surface area contributed by atoms with Crippen LogP contribution in [0.2, 0.25) is 0 Å². The van der Waals surface area contributed by atoms with Crippen molar-refractivity contribution in [1.82, 2.24) is 9.55 Å². The van der Waals surface area contributed by atoms with E-state index in [1.165, 1.54) is 17.9 Å². The molecule has 0 aliphatic rings. The van der Waals surface area contributed by atoms with Crippen LogP contribution in [0.4, 0.5) is 8.78 Å². The van der Waals surface area contributed by atoms with Gasteiger partial charge in [0.1, 0.15) is 23.5 Å². The normalized spacial score (nSPS) is 12.2. The third-order valence-electron chi connectivity index (χ3n) is 2.75. The quantitative estimate of drug-likeness (QED) is 0.802. The Kier molecular flexibility index (Phi) is 3.59. The number of methoxy groups -OCH3 is 1. The largest absolute Gasteiger partial charge is 0.467 e. The number of aromatic nitrogens is 2. The van der Waals surface area contributed by atoms with E-state index in [2.05, 4.69) is 9.72 Å². The fraction of sp³-hybridized carbons (Fsp3) is 0.231. The molecule has 1 unspecified atom stereocenters. The highest BCUT2D eigenvalue weighted by Gasteiger charge is 2.19. The molecule has 2 rings (SSSR count). The lowest BCUT2D eigenvalue weighted by atomic mass is 10.2. The lowest BCUT2D eigenvalue weighted by molar-refractivity contribution is -0.143. The smallest absolute Gasteiger partial charge is 0.328 e. The van der Waals surface area contributed by atoms with Gasteiger partial charge in [-0.1, -0.05) is 0 Å². The summed E-state index contributed by atoms with van der Waals surface area (Å²) in [5, 5.41) is 0. The lowest BCUT2D eigenvalue weighted by Gasteiger charge is -2.14. The van der Waals surface area contributed by atoms with Crippen LogP contribution in [-0.2, 0) is 9.53 Å². The third-order valence-corrected chi connectivity index (χ3v) is 2.75. The molecular formula is C13H12F2N2O2. The topological polar surface area (TPSA) is 44.1 Å². The van der Waals surface area contributed by atoms with Crippen LogP contribution in [0.1, 0.15) is 13.0 Å². The summed E-state index contributed by atoms with van der Waals surface area (Å²) in [6.07, 6.45) is 3.01. The van der Waals surface area contributed by atoms with E-state index < -0.39 is 23.6 Å². The zero-order chi connectivity index (χ0) is 14.0. The van der Waals surface area contributed by atoms with Crippen molar-refractivity contribution in [3.63, 3.8) is 0 Å². The highest BCUT2D eigenvalue weighted by Crippen LogP contribution is 2.23. The standard InChI is InChI=1S/C13H12F2N2O2/c1-8(13(18)19-2)17-4-3-16-12(17)9-5-10(14)7-11(15)6-9/h3-8H,1-2H3. The van der Waals surface area contributed by atoms with Crippen molar-refractivity contribution >= 4 is 5.97 Å². The third kappa shape index (κ3) is 2.62. The van der Waals surface area contributed by atoms with Gasteiger partial charge < -0.3 is 9.30 Å². The fourth-order valence-electron chi connectivity index (χ4n) is 1.82. The van der Waals surface area contributed by atoms with Gasteiger partial charge in [0.2, 0.25) is 0 Å². The van der Waals surface area contributed by atoms with Crippen molar-refractivity contribution in [2.45, 2.75) is 13.0 Å². The molecule has 0 radical (unpaired) electrons. The van der Waals surface area contributed by atoms with E-state index in [1.807, 2.05) is 0 Å². The Hall–Kier alpha value is -2.24. The summed E-state index contributed by atoms with van der Waals surface area (Å²) in [4.78, 5) is 15.5. The number of hydrogen-bond acceptors (Lipinski definition) is 3. The number of carbonyl (C=O) groups excluding carboxylic acids is 1. The van der Waals surface area contributed by atoms with E-state index in [0.717, 1.165) is 18.2 Å². The van der Waals surface area contributed by atoms with Gasteiger partial charge in [0.25, 0.3) is 0 Å².